The second kappa shape index (κ2) is 17.3. The normalized spacial score (nSPS) is 11.9. The van der Waals surface area contributed by atoms with Crippen LogP contribution in [0.25, 0.3) is 107 Å². The zero-order valence-corrected chi connectivity index (χ0v) is 41.3. The van der Waals surface area contributed by atoms with Crippen LogP contribution in [0.15, 0.2) is 97.6 Å². The lowest BCUT2D eigenvalue weighted by Crippen LogP contribution is -1.99. The lowest BCUT2D eigenvalue weighted by molar-refractivity contribution is 1.30. The molecule has 0 aliphatic rings. The fourth-order valence-corrected chi connectivity index (χ4v) is 15.7. The predicted octanol–water partition coefficient (Wildman–Crippen LogP) is 12.2. The van der Waals surface area contributed by atoms with Crippen LogP contribution in [0.5, 0.6) is 0 Å². The summed E-state index contributed by atoms with van der Waals surface area (Å²) in [5, 5.41) is 41.3. The number of rotatable bonds is 6. The van der Waals surface area contributed by atoms with Gasteiger partial charge in [0.15, 0.2) is 0 Å². The Balaban J connectivity index is 1.13. The van der Waals surface area contributed by atoms with Crippen molar-refractivity contribution in [1.29, 1.82) is 21.0 Å². The average molecular weight is 983 g/mol. The Kier molecular flexibility index (Phi) is 11.0. The van der Waals surface area contributed by atoms with Crippen LogP contribution >= 0.6 is 68.0 Å². The van der Waals surface area contributed by atoms with Gasteiger partial charge in [-0.1, -0.05) is 36.4 Å². The van der Waals surface area contributed by atoms with Gasteiger partial charge in [0.05, 0.1) is 18.1 Å². The maximum Gasteiger partial charge on any atom is 0.149 e. The number of nitriles is 4. The van der Waals surface area contributed by atoms with Gasteiger partial charge in [0.2, 0.25) is 0 Å². The highest BCUT2D eigenvalue weighted by molar-refractivity contribution is 7.28. The van der Waals surface area contributed by atoms with Crippen LogP contribution in [-0.4, -0.2) is 19.9 Å². The molecule has 3 aromatic carbocycles. The first-order valence-corrected chi connectivity index (χ1v) is 26.0. The fraction of sp³-hybridized carbons (Fsp3) is 0.0741. The number of aryl methyl sites for hydroxylation is 4. The molecule has 0 spiro atoms. The van der Waals surface area contributed by atoms with Crippen LogP contribution in [0.1, 0.15) is 32.0 Å². The van der Waals surface area contributed by atoms with Crippen molar-refractivity contribution in [2.75, 3.05) is 0 Å². The number of thiophene rings is 6. The lowest BCUT2D eigenvalue weighted by Gasteiger charge is -2.18. The lowest BCUT2D eigenvalue weighted by atomic mass is 9.87. The molecule has 8 aromatic heterocycles. The maximum atomic E-state index is 9.71. The summed E-state index contributed by atoms with van der Waals surface area (Å²) in [5.41, 5.74) is 12.4. The molecule has 8 nitrogen and oxygen atoms in total. The van der Waals surface area contributed by atoms with Gasteiger partial charge in [0.25, 0.3) is 0 Å². The molecule has 0 radical (unpaired) electrons. The molecule has 8 heterocycles. The smallest absolute Gasteiger partial charge is 0.149 e. The molecule has 0 atom stereocenters. The third-order valence-electron chi connectivity index (χ3n) is 11.8. The van der Waals surface area contributed by atoms with E-state index >= 15 is 0 Å². The number of aromatic nitrogens is 4. The number of hydrogen-bond donors (Lipinski definition) is 0. The molecule has 0 unspecified atom stereocenters. The predicted molar refractivity (Wildman–Crippen MR) is 283 cm³/mol. The third-order valence-corrected chi connectivity index (χ3v) is 18.9. The highest BCUT2D eigenvalue weighted by Crippen LogP contribution is 2.54. The van der Waals surface area contributed by atoms with E-state index in [0.29, 0.717) is 31.1 Å². The van der Waals surface area contributed by atoms with Crippen molar-refractivity contribution in [3.8, 4) is 66.0 Å². The second-order valence-electron chi connectivity index (χ2n) is 16.0. The van der Waals surface area contributed by atoms with Crippen molar-refractivity contribution in [1.82, 2.24) is 19.9 Å². The van der Waals surface area contributed by atoms with Gasteiger partial charge >= 0.3 is 0 Å². The van der Waals surface area contributed by atoms with E-state index in [1.165, 1.54) is 97.1 Å². The van der Waals surface area contributed by atoms with Crippen LogP contribution in [0.3, 0.4) is 0 Å². The summed E-state index contributed by atoms with van der Waals surface area (Å²) in [6, 6.07) is 34.6. The minimum atomic E-state index is 0.0312. The Bertz CT molecular complexity index is 3990. The molecule has 0 saturated heterocycles. The highest BCUT2D eigenvalue weighted by Gasteiger charge is 2.26. The van der Waals surface area contributed by atoms with Gasteiger partial charge in [-0.25, -0.2) is 0 Å². The van der Waals surface area contributed by atoms with Crippen molar-refractivity contribution >= 4 is 134 Å². The van der Waals surface area contributed by atoms with Gasteiger partial charge in [0.1, 0.15) is 57.5 Å². The Labute approximate surface area is 412 Å². The molecule has 0 N–H and O–H groups in total. The van der Waals surface area contributed by atoms with Crippen LogP contribution in [0.2, 0.25) is 0 Å². The summed E-state index contributed by atoms with van der Waals surface area (Å²) in [4.78, 5) is 24.9. The van der Waals surface area contributed by atoms with Gasteiger partial charge in [-0.15, -0.1) is 68.0 Å². The molecule has 0 aliphatic heterocycles. The first-order chi connectivity index (χ1) is 33.2. The summed E-state index contributed by atoms with van der Waals surface area (Å²) in [5.74, 6) is 0. The van der Waals surface area contributed by atoms with Gasteiger partial charge < -0.3 is 0 Å². The molecule has 0 bridgehead atoms. The SMILES string of the molecule is Cc1cccc(C)c1-c1c2cc(-c3ccc(/C=c4\sc(=C(C#N)C#N)c5nccnc45)s3)sc2c(-c2c(C)cccc2C)c2cc(-c3ccc(/C=c4\sc(=C(C#N)C#N)c5nccnc45)s3)sc12. The van der Waals surface area contributed by atoms with Crippen molar-refractivity contribution in [3.05, 3.63) is 148 Å². The maximum absolute atomic E-state index is 9.71. The Hall–Kier alpha value is -7.50. The van der Waals surface area contributed by atoms with Gasteiger partial charge in [-0.05, 0) is 110 Å². The Morgan fingerprint density at radius 1 is 0.426 bits per heavy atom. The average Bonchev–Trinajstić information content (AvgIpc) is 4.22. The summed E-state index contributed by atoms with van der Waals surface area (Å²) < 4.78 is 5.24. The molecule has 0 fully saturated rings. The van der Waals surface area contributed by atoms with E-state index in [9.17, 15) is 21.0 Å². The molecular weight excluding hydrogens is 953 g/mol. The minimum absolute atomic E-state index is 0.0312. The topological polar surface area (TPSA) is 147 Å². The molecule has 14 heteroatoms. The van der Waals surface area contributed by atoms with Crippen LogP contribution in [-0.2, 0) is 0 Å². The van der Waals surface area contributed by atoms with Crippen molar-refractivity contribution < 1.29 is 0 Å². The first kappa shape index (κ1) is 43.1. The van der Waals surface area contributed by atoms with E-state index in [0.717, 1.165) is 28.6 Å². The van der Waals surface area contributed by atoms with E-state index in [2.05, 4.69) is 133 Å². The highest BCUT2D eigenvalue weighted by atomic mass is 32.1. The van der Waals surface area contributed by atoms with Gasteiger partial charge in [-0.3, -0.25) is 19.9 Å². The number of fused-ring (bicyclic) bond motifs is 4. The zero-order valence-electron chi connectivity index (χ0n) is 36.4. The first-order valence-electron chi connectivity index (χ1n) is 21.1. The molecule has 0 aliphatic carbocycles. The fourth-order valence-electron chi connectivity index (χ4n) is 8.88. The van der Waals surface area contributed by atoms with Crippen molar-refractivity contribution in [2.24, 2.45) is 0 Å². The van der Waals surface area contributed by atoms with Crippen molar-refractivity contribution in [2.45, 2.75) is 27.7 Å². The third kappa shape index (κ3) is 7.15. The van der Waals surface area contributed by atoms with Gasteiger partial charge in [0, 0.05) is 85.3 Å². The summed E-state index contributed by atoms with van der Waals surface area (Å²) in [7, 11) is 0. The van der Waals surface area contributed by atoms with E-state index < -0.39 is 0 Å². The summed E-state index contributed by atoms with van der Waals surface area (Å²) in [6.07, 6.45) is 10.6. The second-order valence-corrected chi connectivity index (χ2v) is 22.4. The molecule has 0 saturated carbocycles. The zero-order chi connectivity index (χ0) is 46.8. The Morgan fingerprint density at radius 3 is 1.16 bits per heavy atom. The van der Waals surface area contributed by atoms with Crippen LogP contribution in [0.4, 0.5) is 0 Å². The monoisotopic (exact) mass is 982 g/mol. The van der Waals surface area contributed by atoms with E-state index in [1.54, 1.807) is 47.5 Å². The summed E-state index contributed by atoms with van der Waals surface area (Å²) in [6.45, 7) is 8.83. The van der Waals surface area contributed by atoms with Crippen molar-refractivity contribution in [3.63, 3.8) is 0 Å². The number of benzene rings is 3. The molecule has 68 heavy (non-hydrogen) atoms. The molecule has 322 valence electrons. The largest absolute Gasteiger partial charge is 0.251 e. The van der Waals surface area contributed by atoms with E-state index in [1.807, 2.05) is 47.0 Å². The molecule has 11 aromatic rings. The number of nitrogens with zero attached hydrogens (tertiary/aromatic N) is 8. The van der Waals surface area contributed by atoms with Crippen LogP contribution in [0, 0.1) is 73.0 Å². The quantitative estimate of drug-likeness (QED) is 0.160. The minimum Gasteiger partial charge on any atom is -0.251 e. The van der Waals surface area contributed by atoms with Gasteiger partial charge in [-0.2, -0.15) is 21.0 Å². The van der Waals surface area contributed by atoms with Crippen LogP contribution < -0.4 is 18.1 Å². The van der Waals surface area contributed by atoms with E-state index in [4.69, 9.17) is 0 Å². The molecular formula is C54H30N8S6. The number of hydrogen-bond acceptors (Lipinski definition) is 14. The molecule has 11 rings (SSSR count). The summed E-state index contributed by atoms with van der Waals surface area (Å²) >= 11 is 9.81. The van der Waals surface area contributed by atoms with E-state index in [-0.39, 0.29) is 11.1 Å². The molecule has 0 amide bonds. The standard InChI is InChI=1S/C54H30N8S6/c1-27-7-5-8-28(2)43(27)45-35-21-39(37-13-11-33(63-37)19-41-47-49(61-17-15-59-47)51(67-41)31(23-55)24-56)66-54(35)46(44-29(3)9-6-10-30(44)4)36-22-40(65-53(36)45)38-14-12-34(64-38)20-42-48-50(62-18-16-60-48)52(68-42)32(25-57)26-58/h5-22H,1-4H3/b41-19-,42-20-. The Morgan fingerprint density at radius 2 is 0.794 bits per heavy atom.